The maximum atomic E-state index is 9.41. The second-order valence-corrected chi connectivity index (χ2v) is 4.50. The van der Waals surface area contributed by atoms with Gasteiger partial charge >= 0.3 is 0 Å². The molecule has 1 N–H and O–H groups in total. The van der Waals surface area contributed by atoms with Crippen molar-refractivity contribution in [2.24, 2.45) is 0 Å². The van der Waals surface area contributed by atoms with Crippen molar-refractivity contribution in [3.8, 4) is 0 Å². The van der Waals surface area contributed by atoms with Gasteiger partial charge in [-0.2, -0.15) is 0 Å². The van der Waals surface area contributed by atoms with Gasteiger partial charge in [-0.05, 0) is 38.5 Å². The van der Waals surface area contributed by atoms with Crippen molar-refractivity contribution >= 4 is 17.3 Å². The smallest absolute Gasteiger partial charge is 0.0762 e. The van der Waals surface area contributed by atoms with Gasteiger partial charge in [0, 0.05) is 13.1 Å². The molecule has 15 heavy (non-hydrogen) atoms. The molecule has 0 unspecified atom stereocenters. The van der Waals surface area contributed by atoms with Gasteiger partial charge in [-0.1, -0.05) is 17.7 Å². The predicted octanol–water partition coefficient (Wildman–Crippen LogP) is 3.24. The van der Waals surface area contributed by atoms with Crippen LogP contribution in [0.25, 0.3) is 0 Å². The molecule has 0 fully saturated rings. The van der Waals surface area contributed by atoms with E-state index in [2.05, 4.69) is 18.7 Å². The zero-order chi connectivity index (χ0) is 11.6. The Morgan fingerprint density at radius 2 is 1.87 bits per heavy atom. The molecule has 0 saturated carbocycles. The summed E-state index contributed by atoms with van der Waals surface area (Å²) in [6.07, 6.45) is -0.471. The summed E-state index contributed by atoms with van der Waals surface area (Å²) >= 11 is 6.16. The number of rotatable bonds is 3. The summed E-state index contributed by atoms with van der Waals surface area (Å²) < 4.78 is 0. The molecule has 0 amide bonds. The molecule has 0 aliphatic carbocycles. The largest absolute Gasteiger partial charge is 0.389 e. The van der Waals surface area contributed by atoms with Gasteiger partial charge in [0.2, 0.25) is 0 Å². The maximum Gasteiger partial charge on any atom is 0.0762 e. The fourth-order valence-corrected chi connectivity index (χ4v) is 1.67. The minimum Gasteiger partial charge on any atom is -0.389 e. The molecule has 0 radical (unpaired) electrons. The zero-order valence-electron chi connectivity index (χ0n) is 9.66. The first kappa shape index (κ1) is 12.3. The lowest BCUT2D eigenvalue weighted by atomic mass is 10.1. The summed E-state index contributed by atoms with van der Waals surface area (Å²) in [5.74, 6) is 0. The van der Waals surface area contributed by atoms with Crippen LogP contribution in [0, 0.1) is 0 Å². The van der Waals surface area contributed by atoms with E-state index in [1.54, 1.807) is 6.92 Å². The molecule has 84 valence electrons. The lowest BCUT2D eigenvalue weighted by Crippen LogP contribution is -2.25. The summed E-state index contributed by atoms with van der Waals surface area (Å²) in [5, 5.41) is 10.1. The average Bonchev–Trinajstić information content (AvgIpc) is 2.16. The van der Waals surface area contributed by atoms with E-state index in [9.17, 15) is 5.11 Å². The van der Waals surface area contributed by atoms with Crippen molar-refractivity contribution in [3.63, 3.8) is 0 Å². The van der Waals surface area contributed by atoms with Gasteiger partial charge in [-0.3, -0.25) is 0 Å². The third-order valence-corrected chi connectivity index (χ3v) is 2.91. The van der Waals surface area contributed by atoms with Gasteiger partial charge in [0.15, 0.2) is 0 Å². The van der Waals surface area contributed by atoms with E-state index < -0.39 is 6.10 Å². The summed E-state index contributed by atoms with van der Waals surface area (Å²) in [7, 11) is 2.01. The summed E-state index contributed by atoms with van der Waals surface area (Å²) in [4.78, 5) is 2.11. The molecule has 3 heteroatoms. The molecule has 0 bridgehead atoms. The second-order valence-electron chi connectivity index (χ2n) is 4.09. The van der Waals surface area contributed by atoms with E-state index >= 15 is 0 Å². The van der Waals surface area contributed by atoms with Gasteiger partial charge in [-0.15, -0.1) is 0 Å². The number of aliphatic hydroxyl groups excluding tert-OH is 1. The van der Waals surface area contributed by atoms with Crippen molar-refractivity contribution in [2.75, 3.05) is 11.9 Å². The Balaban J connectivity index is 3.03. The molecule has 1 rings (SSSR count). The van der Waals surface area contributed by atoms with Crippen molar-refractivity contribution in [3.05, 3.63) is 28.8 Å². The highest BCUT2D eigenvalue weighted by molar-refractivity contribution is 6.33. The summed E-state index contributed by atoms with van der Waals surface area (Å²) in [6.45, 7) is 5.95. The van der Waals surface area contributed by atoms with Crippen LogP contribution >= 0.6 is 11.6 Å². The van der Waals surface area contributed by atoms with Gasteiger partial charge in [0.25, 0.3) is 0 Å². The molecule has 0 aromatic heterocycles. The number of halogens is 1. The van der Waals surface area contributed by atoms with E-state index in [4.69, 9.17) is 11.6 Å². The van der Waals surface area contributed by atoms with Gasteiger partial charge in [0.1, 0.15) is 0 Å². The highest BCUT2D eigenvalue weighted by Gasteiger charge is 2.10. The third-order valence-electron chi connectivity index (χ3n) is 2.61. The van der Waals surface area contributed by atoms with E-state index in [0.29, 0.717) is 11.1 Å². The Kier molecular flexibility index (Phi) is 4.00. The first-order valence-electron chi connectivity index (χ1n) is 5.13. The minimum absolute atomic E-state index is 0.403. The van der Waals surface area contributed by atoms with Crippen LogP contribution in [-0.2, 0) is 0 Å². The van der Waals surface area contributed by atoms with E-state index in [0.717, 1.165) is 11.3 Å². The van der Waals surface area contributed by atoms with Crippen molar-refractivity contribution in [2.45, 2.75) is 32.9 Å². The van der Waals surface area contributed by atoms with Gasteiger partial charge in [0.05, 0.1) is 16.8 Å². The SMILES string of the molecule is CC(C)N(C)c1ccc([C@@H](C)O)cc1Cl. The monoisotopic (exact) mass is 227 g/mol. The lowest BCUT2D eigenvalue weighted by Gasteiger charge is -2.25. The molecule has 1 aromatic rings. The summed E-state index contributed by atoms with van der Waals surface area (Å²) in [6, 6.07) is 6.08. The van der Waals surface area contributed by atoms with Crippen LogP contribution in [0.4, 0.5) is 5.69 Å². The molecular weight excluding hydrogens is 210 g/mol. The Morgan fingerprint density at radius 1 is 1.27 bits per heavy atom. The fourth-order valence-electron chi connectivity index (χ4n) is 1.35. The molecule has 0 aliphatic heterocycles. The van der Waals surface area contributed by atoms with Crippen LogP contribution in [0.15, 0.2) is 18.2 Å². The number of hydrogen-bond donors (Lipinski definition) is 1. The first-order valence-corrected chi connectivity index (χ1v) is 5.51. The molecule has 2 nitrogen and oxygen atoms in total. The standard InChI is InChI=1S/C12H18ClNO/c1-8(2)14(4)12-6-5-10(9(3)15)7-11(12)13/h5-9,15H,1-4H3/t9-/m1/s1. The number of anilines is 1. The van der Waals surface area contributed by atoms with Crippen LogP contribution in [-0.4, -0.2) is 18.2 Å². The Bertz CT molecular complexity index is 336. The second kappa shape index (κ2) is 4.86. The molecule has 0 aliphatic rings. The van der Waals surface area contributed by atoms with Crippen LogP contribution in [0.1, 0.15) is 32.4 Å². The van der Waals surface area contributed by atoms with E-state index in [-0.39, 0.29) is 0 Å². The molecule has 1 atom stereocenters. The summed E-state index contributed by atoms with van der Waals surface area (Å²) in [5.41, 5.74) is 1.84. The third kappa shape index (κ3) is 2.86. The van der Waals surface area contributed by atoms with E-state index in [1.165, 1.54) is 0 Å². The highest BCUT2D eigenvalue weighted by Crippen LogP contribution is 2.29. The molecular formula is C12H18ClNO. The number of hydrogen-bond acceptors (Lipinski definition) is 2. The first-order chi connectivity index (χ1) is 6.93. The topological polar surface area (TPSA) is 23.5 Å². The van der Waals surface area contributed by atoms with Crippen LogP contribution < -0.4 is 4.90 Å². The van der Waals surface area contributed by atoms with Crippen molar-refractivity contribution < 1.29 is 5.11 Å². The minimum atomic E-state index is -0.471. The van der Waals surface area contributed by atoms with Crippen LogP contribution in [0.5, 0.6) is 0 Å². The van der Waals surface area contributed by atoms with Gasteiger partial charge in [-0.25, -0.2) is 0 Å². The van der Waals surface area contributed by atoms with Crippen LogP contribution in [0.3, 0.4) is 0 Å². The highest BCUT2D eigenvalue weighted by atomic mass is 35.5. The zero-order valence-corrected chi connectivity index (χ0v) is 10.4. The Morgan fingerprint density at radius 3 is 2.27 bits per heavy atom. The van der Waals surface area contributed by atoms with Crippen LogP contribution in [0.2, 0.25) is 5.02 Å². The average molecular weight is 228 g/mol. The molecule has 0 spiro atoms. The Hall–Kier alpha value is -0.730. The normalized spacial score (nSPS) is 13.0. The van der Waals surface area contributed by atoms with E-state index in [1.807, 2.05) is 25.2 Å². The maximum absolute atomic E-state index is 9.41. The lowest BCUT2D eigenvalue weighted by molar-refractivity contribution is 0.199. The van der Waals surface area contributed by atoms with Gasteiger partial charge < -0.3 is 10.0 Å². The Labute approximate surface area is 96.5 Å². The molecule has 0 heterocycles. The molecule has 0 saturated heterocycles. The van der Waals surface area contributed by atoms with Crippen molar-refractivity contribution in [1.29, 1.82) is 0 Å². The number of aliphatic hydroxyl groups is 1. The van der Waals surface area contributed by atoms with Crippen molar-refractivity contribution in [1.82, 2.24) is 0 Å². The molecule has 1 aromatic carbocycles. The predicted molar refractivity (Wildman–Crippen MR) is 65.6 cm³/mol. The quantitative estimate of drug-likeness (QED) is 0.857. The number of benzene rings is 1. The number of nitrogens with zero attached hydrogens (tertiary/aromatic N) is 1. The fraction of sp³-hybridized carbons (Fsp3) is 0.500.